The van der Waals surface area contributed by atoms with Crippen LogP contribution in [0.5, 0.6) is 5.75 Å². The topological polar surface area (TPSA) is 57.0 Å². The summed E-state index contributed by atoms with van der Waals surface area (Å²) in [5.41, 5.74) is 3.26. The molecule has 0 saturated heterocycles. The van der Waals surface area contributed by atoms with Crippen molar-refractivity contribution in [3.05, 3.63) is 54.1 Å². The lowest BCUT2D eigenvalue weighted by molar-refractivity contribution is -0.114. The number of hydrogen-bond donors (Lipinski definition) is 0. The van der Waals surface area contributed by atoms with E-state index in [1.54, 1.807) is 6.92 Å². The van der Waals surface area contributed by atoms with E-state index in [0.29, 0.717) is 17.5 Å². The van der Waals surface area contributed by atoms with Crippen LogP contribution in [-0.4, -0.2) is 32.9 Å². The molecule has 5 nitrogen and oxygen atoms in total. The fraction of sp³-hybridized carbons (Fsp3) is 0.348. The van der Waals surface area contributed by atoms with Crippen molar-refractivity contribution in [1.82, 2.24) is 14.8 Å². The van der Waals surface area contributed by atoms with Crippen LogP contribution in [0.3, 0.4) is 0 Å². The van der Waals surface area contributed by atoms with Crippen molar-refractivity contribution in [3.8, 4) is 22.8 Å². The Labute approximate surface area is 176 Å². The molecule has 6 heteroatoms. The Morgan fingerprint density at radius 2 is 1.69 bits per heavy atom. The van der Waals surface area contributed by atoms with Crippen molar-refractivity contribution < 1.29 is 9.53 Å². The largest absolute Gasteiger partial charge is 0.494 e. The summed E-state index contributed by atoms with van der Waals surface area (Å²) in [4.78, 5) is 11.5. The number of carbonyl (C=O) groups excluding carboxylic acids is 1. The fourth-order valence-electron chi connectivity index (χ4n) is 2.93. The highest BCUT2D eigenvalue weighted by atomic mass is 32.2. The van der Waals surface area contributed by atoms with Crippen LogP contribution in [0.1, 0.15) is 40.2 Å². The first-order valence-electron chi connectivity index (χ1n) is 9.71. The van der Waals surface area contributed by atoms with E-state index in [2.05, 4.69) is 55.2 Å². The molecule has 0 aliphatic carbocycles. The number of carbonyl (C=O) groups is 1. The predicted octanol–water partition coefficient (Wildman–Crippen LogP) is 5.31. The van der Waals surface area contributed by atoms with Crippen LogP contribution in [0.15, 0.2) is 53.7 Å². The van der Waals surface area contributed by atoms with Crippen molar-refractivity contribution in [1.29, 1.82) is 0 Å². The Kier molecular flexibility index (Phi) is 6.42. The first-order chi connectivity index (χ1) is 13.8. The normalized spacial score (nSPS) is 11.5. The summed E-state index contributed by atoms with van der Waals surface area (Å²) in [5, 5.41) is 9.50. The van der Waals surface area contributed by atoms with Crippen LogP contribution in [0, 0.1) is 0 Å². The van der Waals surface area contributed by atoms with Crippen LogP contribution < -0.4 is 4.74 Å². The Bertz CT molecular complexity index is 971. The molecular weight excluding hydrogens is 382 g/mol. The smallest absolute Gasteiger partial charge is 0.196 e. The number of aromatic nitrogens is 3. The number of nitrogens with zero attached hydrogens (tertiary/aromatic N) is 3. The van der Waals surface area contributed by atoms with Gasteiger partial charge in [-0.2, -0.15) is 0 Å². The molecule has 0 amide bonds. The van der Waals surface area contributed by atoms with Crippen molar-refractivity contribution in [2.75, 3.05) is 12.4 Å². The molecule has 0 bridgehead atoms. The van der Waals surface area contributed by atoms with Gasteiger partial charge in [0.2, 0.25) is 0 Å². The van der Waals surface area contributed by atoms with E-state index in [-0.39, 0.29) is 11.2 Å². The Hall–Kier alpha value is -2.60. The molecule has 0 radical (unpaired) electrons. The highest BCUT2D eigenvalue weighted by molar-refractivity contribution is 7.99. The van der Waals surface area contributed by atoms with E-state index in [1.165, 1.54) is 17.3 Å². The average Bonchev–Trinajstić information content (AvgIpc) is 3.10. The quantitative estimate of drug-likeness (QED) is 0.495. The van der Waals surface area contributed by atoms with E-state index in [9.17, 15) is 4.79 Å². The van der Waals surface area contributed by atoms with Gasteiger partial charge in [0.05, 0.1) is 12.4 Å². The zero-order chi connectivity index (χ0) is 21.0. The number of ether oxygens (including phenoxy) is 1. The van der Waals surface area contributed by atoms with Crippen molar-refractivity contribution in [2.45, 2.75) is 45.2 Å². The molecule has 3 aromatic rings. The highest BCUT2D eigenvalue weighted by Crippen LogP contribution is 2.30. The predicted molar refractivity (Wildman–Crippen MR) is 118 cm³/mol. The molecule has 0 unspecified atom stereocenters. The minimum absolute atomic E-state index is 0.0871. The van der Waals surface area contributed by atoms with Gasteiger partial charge in [-0.05, 0) is 49.1 Å². The van der Waals surface area contributed by atoms with Crippen LogP contribution in [0.25, 0.3) is 17.1 Å². The summed E-state index contributed by atoms with van der Waals surface area (Å²) >= 11 is 1.40. The van der Waals surface area contributed by atoms with Crippen LogP contribution >= 0.6 is 11.8 Å². The van der Waals surface area contributed by atoms with Gasteiger partial charge in [-0.15, -0.1) is 10.2 Å². The fourth-order valence-corrected chi connectivity index (χ4v) is 3.68. The average molecular weight is 410 g/mol. The summed E-state index contributed by atoms with van der Waals surface area (Å²) in [6.07, 6.45) is 0. The molecule has 0 N–H and O–H groups in total. The summed E-state index contributed by atoms with van der Waals surface area (Å²) in [6, 6.07) is 16.3. The molecule has 0 aliphatic rings. The maximum Gasteiger partial charge on any atom is 0.196 e. The van der Waals surface area contributed by atoms with Crippen molar-refractivity contribution in [3.63, 3.8) is 0 Å². The number of ketones is 1. The standard InChI is InChI=1S/C23H27N3O2S/c1-6-28-20-13-11-19(12-14-20)26-21(24-25-22(26)29-15-16(2)27)17-7-9-18(10-8-17)23(3,4)5/h7-14H,6,15H2,1-5H3. The van der Waals surface area contributed by atoms with Gasteiger partial charge in [0.15, 0.2) is 11.0 Å². The Balaban J connectivity index is 2.04. The number of Topliss-reactive ketones (excluding diaryl/α,β-unsaturated/α-hetero) is 1. The first-order valence-corrected chi connectivity index (χ1v) is 10.7. The second-order valence-electron chi connectivity index (χ2n) is 7.89. The van der Waals surface area contributed by atoms with Gasteiger partial charge in [0.1, 0.15) is 11.5 Å². The van der Waals surface area contributed by atoms with Gasteiger partial charge in [0.25, 0.3) is 0 Å². The number of rotatable bonds is 7. The van der Waals surface area contributed by atoms with E-state index in [1.807, 2.05) is 35.8 Å². The molecule has 0 saturated carbocycles. The second-order valence-corrected chi connectivity index (χ2v) is 8.83. The van der Waals surface area contributed by atoms with E-state index in [4.69, 9.17) is 4.74 Å². The summed E-state index contributed by atoms with van der Waals surface area (Å²) < 4.78 is 7.55. The molecule has 0 atom stereocenters. The van der Waals surface area contributed by atoms with Crippen LogP contribution in [-0.2, 0) is 10.2 Å². The lowest BCUT2D eigenvalue weighted by atomic mass is 9.87. The lowest BCUT2D eigenvalue weighted by Gasteiger charge is -2.19. The van der Waals surface area contributed by atoms with Crippen LogP contribution in [0.4, 0.5) is 0 Å². The summed E-state index contributed by atoms with van der Waals surface area (Å²) in [6.45, 7) is 10.8. The van der Waals surface area contributed by atoms with Crippen molar-refractivity contribution in [2.24, 2.45) is 0 Å². The molecule has 1 heterocycles. The van der Waals surface area contributed by atoms with Crippen molar-refractivity contribution >= 4 is 17.5 Å². The Morgan fingerprint density at radius 1 is 1.03 bits per heavy atom. The van der Waals surface area contributed by atoms with Gasteiger partial charge in [0, 0.05) is 11.3 Å². The second kappa shape index (κ2) is 8.82. The molecule has 0 aliphatic heterocycles. The maximum absolute atomic E-state index is 11.5. The van der Waals surface area contributed by atoms with Gasteiger partial charge in [-0.25, -0.2) is 0 Å². The third-order valence-electron chi connectivity index (χ3n) is 4.45. The molecule has 2 aromatic carbocycles. The lowest BCUT2D eigenvalue weighted by Crippen LogP contribution is -2.10. The van der Waals surface area contributed by atoms with E-state index < -0.39 is 0 Å². The zero-order valence-corrected chi connectivity index (χ0v) is 18.4. The first kappa shape index (κ1) is 21.1. The number of thioether (sulfide) groups is 1. The van der Waals surface area contributed by atoms with E-state index >= 15 is 0 Å². The molecule has 29 heavy (non-hydrogen) atoms. The maximum atomic E-state index is 11.5. The number of hydrogen-bond acceptors (Lipinski definition) is 5. The molecule has 1 aromatic heterocycles. The van der Waals surface area contributed by atoms with Crippen LogP contribution in [0.2, 0.25) is 0 Å². The summed E-state index contributed by atoms with van der Waals surface area (Å²) in [5.74, 6) is 2.03. The minimum atomic E-state index is 0.0871. The van der Waals surface area contributed by atoms with Gasteiger partial charge in [-0.3, -0.25) is 9.36 Å². The van der Waals surface area contributed by atoms with E-state index in [0.717, 1.165) is 22.8 Å². The Morgan fingerprint density at radius 3 is 2.24 bits per heavy atom. The van der Waals surface area contributed by atoms with Gasteiger partial charge < -0.3 is 4.74 Å². The molecule has 3 rings (SSSR count). The highest BCUT2D eigenvalue weighted by Gasteiger charge is 2.18. The molecular formula is C23H27N3O2S. The monoisotopic (exact) mass is 409 g/mol. The number of benzene rings is 2. The molecule has 0 spiro atoms. The van der Waals surface area contributed by atoms with Gasteiger partial charge in [-0.1, -0.05) is 56.8 Å². The third kappa shape index (κ3) is 5.07. The third-order valence-corrected chi connectivity index (χ3v) is 5.53. The van der Waals surface area contributed by atoms with Gasteiger partial charge >= 0.3 is 0 Å². The molecule has 0 fully saturated rings. The minimum Gasteiger partial charge on any atom is -0.494 e. The SMILES string of the molecule is CCOc1ccc(-n2c(SCC(C)=O)nnc2-c2ccc(C(C)(C)C)cc2)cc1. The zero-order valence-electron chi connectivity index (χ0n) is 17.6. The summed E-state index contributed by atoms with van der Waals surface area (Å²) in [7, 11) is 0. The molecule has 152 valence electrons.